The molecule has 2 unspecified atom stereocenters. The van der Waals surface area contributed by atoms with E-state index in [1.54, 1.807) is 0 Å². The Morgan fingerprint density at radius 1 is 1.50 bits per heavy atom. The van der Waals surface area contributed by atoms with E-state index in [1.165, 1.54) is 0 Å². The summed E-state index contributed by atoms with van der Waals surface area (Å²) in [7, 11) is 0. The number of carboxylic acids is 1. The summed E-state index contributed by atoms with van der Waals surface area (Å²) >= 11 is 0. The number of aliphatic carboxylic acids is 1. The molecule has 1 aliphatic carbocycles. The van der Waals surface area contributed by atoms with Crippen LogP contribution in [0.3, 0.4) is 0 Å². The van der Waals surface area contributed by atoms with Gasteiger partial charge in [-0.05, 0) is 45.4 Å². The van der Waals surface area contributed by atoms with Crippen LogP contribution in [0, 0.1) is 5.92 Å². The predicted molar refractivity (Wildman–Crippen MR) is 71.7 cm³/mol. The molecule has 106 valence electrons. The zero-order valence-electron chi connectivity index (χ0n) is 11.9. The van der Waals surface area contributed by atoms with Gasteiger partial charge in [0, 0.05) is 19.3 Å². The lowest BCUT2D eigenvalue weighted by Crippen LogP contribution is -2.57. The van der Waals surface area contributed by atoms with Crippen LogP contribution in [0.4, 0.5) is 0 Å². The van der Waals surface area contributed by atoms with Crippen molar-refractivity contribution in [3.05, 3.63) is 0 Å². The minimum atomic E-state index is -0.732. The van der Waals surface area contributed by atoms with Gasteiger partial charge in [-0.15, -0.1) is 0 Å². The van der Waals surface area contributed by atoms with Crippen molar-refractivity contribution in [3.63, 3.8) is 0 Å². The normalized spacial score (nSPS) is 27.9. The number of hydrogen-bond acceptors (Lipinski definition) is 3. The van der Waals surface area contributed by atoms with Gasteiger partial charge in [0.25, 0.3) is 0 Å². The molecule has 1 saturated carbocycles. The van der Waals surface area contributed by atoms with Crippen molar-refractivity contribution in [2.75, 3.05) is 13.2 Å². The van der Waals surface area contributed by atoms with Crippen molar-refractivity contribution in [2.24, 2.45) is 5.92 Å². The molecule has 4 heteroatoms. The third-order valence-corrected chi connectivity index (χ3v) is 3.71. The summed E-state index contributed by atoms with van der Waals surface area (Å²) in [6.45, 7) is 7.54. The van der Waals surface area contributed by atoms with Crippen LogP contribution in [-0.2, 0) is 9.53 Å². The molecule has 2 N–H and O–H groups in total. The van der Waals surface area contributed by atoms with Crippen LogP contribution in [0.15, 0.2) is 0 Å². The highest BCUT2D eigenvalue weighted by atomic mass is 16.5. The number of rotatable bonds is 8. The summed E-state index contributed by atoms with van der Waals surface area (Å²) in [6.07, 6.45) is 4.57. The number of nitrogens with one attached hydrogen (secondary N) is 1. The van der Waals surface area contributed by atoms with Gasteiger partial charge in [-0.25, -0.2) is 0 Å². The smallest absolute Gasteiger partial charge is 0.324 e. The van der Waals surface area contributed by atoms with E-state index in [0.717, 1.165) is 38.7 Å². The van der Waals surface area contributed by atoms with Gasteiger partial charge >= 0.3 is 5.97 Å². The molecule has 18 heavy (non-hydrogen) atoms. The largest absolute Gasteiger partial charge is 0.480 e. The average molecular weight is 257 g/mol. The van der Waals surface area contributed by atoms with Gasteiger partial charge < -0.3 is 9.84 Å². The second-order valence-electron chi connectivity index (χ2n) is 5.57. The summed E-state index contributed by atoms with van der Waals surface area (Å²) in [5.41, 5.74) is -0.732. The lowest BCUT2D eigenvalue weighted by Gasteiger charge is -2.34. The molecule has 2 atom stereocenters. The predicted octanol–water partition coefficient (Wildman–Crippen LogP) is 2.42. The molecular weight excluding hydrogens is 230 g/mol. The van der Waals surface area contributed by atoms with E-state index < -0.39 is 11.5 Å². The number of ether oxygens (including phenoxy) is 1. The van der Waals surface area contributed by atoms with Gasteiger partial charge in [-0.2, -0.15) is 0 Å². The molecule has 0 aromatic heterocycles. The summed E-state index contributed by atoms with van der Waals surface area (Å²) in [5.74, 6) is -0.511. The second kappa shape index (κ2) is 7.10. The van der Waals surface area contributed by atoms with Crippen molar-refractivity contribution in [1.82, 2.24) is 5.32 Å². The lowest BCUT2D eigenvalue weighted by atomic mass is 9.84. The van der Waals surface area contributed by atoms with E-state index in [4.69, 9.17) is 4.74 Å². The molecule has 0 aromatic rings. The average Bonchev–Trinajstić information content (AvgIpc) is 2.68. The summed E-state index contributed by atoms with van der Waals surface area (Å²) in [6, 6.07) is 0.193. The van der Waals surface area contributed by atoms with Crippen LogP contribution in [0.25, 0.3) is 0 Å². The highest BCUT2D eigenvalue weighted by molar-refractivity contribution is 5.79. The molecular formula is C14H27NO3. The zero-order chi connectivity index (χ0) is 13.6. The van der Waals surface area contributed by atoms with Gasteiger partial charge in [0.05, 0.1) is 0 Å². The number of hydrogen-bond donors (Lipinski definition) is 2. The Bertz CT molecular complexity index is 268. The summed E-state index contributed by atoms with van der Waals surface area (Å²) < 4.78 is 5.50. The first-order chi connectivity index (χ1) is 8.53. The highest BCUT2D eigenvalue weighted by Gasteiger charge is 2.48. The SMILES string of the molecule is CCCOCCC1CCCC1(NC(C)C)C(=O)O. The topological polar surface area (TPSA) is 58.6 Å². The van der Waals surface area contributed by atoms with E-state index in [-0.39, 0.29) is 12.0 Å². The van der Waals surface area contributed by atoms with Crippen molar-refractivity contribution in [3.8, 4) is 0 Å². The summed E-state index contributed by atoms with van der Waals surface area (Å²) in [4.78, 5) is 11.7. The molecule has 0 saturated heterocycles. The molecule has 0 aromatic carbocycles. The molecule has 0 aliphatic heterocycles. The third kappa shape index (κ3) is 3.69. The van der Waals surface area contributed by atoms with Gasteiger partial charge in [-0.1, -0.05) is 13.3 Å². The Labute approximate surface area is 110 Å². The fourth-order valence-corrected chi connectivity index (χ4v) is 2.99. The quantitative estimate of drug-likeness (QED) is 0.656. The van der Waals surface area contributed by atoms with Crippen LogP contribution in [0.2, 0.25) is 0 Å². The highest BCUT2D eigenvalue weighted by Crippen LogP contribution is 2.38. The Morgan fingerprint density at radius 3 is 2.78 bits per heavy atom. The maximum absolute atomic E-state index is 11.7. The Kier molecular flexibility index (Phi) is 6.09. The van der Waals surface area contributed by atoms with Crippen molar-refractivity contribution in [2.45, 2.75) is 64.5 Å². The van der Waals surface area contributed by atoms with Crippen LogP contribution >= 0.6 is 0 Å². The molecule has 0 spiro atoms. The molecule has 1 fully saturated rings. The summed E-state index contributed by atoms with van der Waals surface area (Å²) in [5, 5.41) is 12.9. The molecule has 4 nitrogen and oxygen atoms in total. The van der Waals surface area contributed by atoms with Gasteiger partial charge in [0.2, 0.25) is 0 Å². The van der Waals surface area contributed by atoms with Crippen molar-refractivity contribution in [1.29, 1.82) is 0 Å². The Balaban J connectivity index is 2.60. The first-order valence-corrected chi connectivity index (χ1v) is 7.11. The fourth-order valence-electron chi connectivity index (χ4n) is 2.99. The Hall–Kier alpha value is -0.610. The fraction of sp³-hybridized carbons (Fsp3) is 0.929. The maximum Gasteiger partial charge on any atom is 0.324 e. The van der Waals surface area contributed by atoms with E-state index in [0.29, 0.717) is 6.61 Å². The van der Waals surface area contributed by atoms with Gasteiger partial charge in [0.1, 0.15) is 5.54 Å². The Morgan fingerprint density at radius 2 is 2.22 bits per heavy atom. The van der Waals surface area contributed by atoms with Crippen LogP contribution < -0.4 is 5.32 Å². The molecule has 0 amide bonds. The van der Waals surface area contributed by atoms with Crippen molar-refractivity contribution < 1.29 is 14.6 Å². The zero-order valence-corrected chi connectivity index (χ0v) is 11.9. The van der Waals surface area contributed by atoms with E-state index in [1.807, 2.05) is 13.8 Å². The lowest BCUT2D eigenvalue weighted by molar-refractivity contribution is -0.147. The van der Waals surface area contributed by atoms with Crippen molar-refractivity contribution >= 4 is 5.97 Å². The van der Waals surface area contributed by atoms with E-state index in [2.05, 4.69) is 12.2 Å². The molecule has 1 rings (SSSR count). The van der Waals surface area contributed by atoms with Crippen LogP contribution in [0.5, 0.6) is 0 Å². The maximum atomic E-state index is 11.7. The number of carbonyl (C=O) groups is 1. The van der Waals surface area contributed by atoms with Gasteiger partial charge in [-0.3, -0.25) is 10.1 Å². The van der Waals surface area contributed by atoms with Crippen LogP contribution in [-0.4, -0.2) is 35.9 Å². The minimum Gasteiger partial charge on any atom is -0.480 e. The monoisotopic (exact) mass is 257 g/mol. The van der Waals surface area contributed by atoms with E-state index >= 15 is 0 Å². The van der Waals surface area contributed by atoms with Crippen LogP contribution in [0.1, 0.15) is 52.9 Å². The first kappa shape index (κ1) is 15.4. The first-order valence-electron chi connectivity index (χ1n) is 7.11. The van der Waals surface area contributed by atoms with E-state index in [9.17, 15) is 9.90 Å². The molecule has 0 radical (unpaired) electrons. The molecule has 0 heterocycles. The standard InChI is InChI=1S/C14H27NO3/c1-4-9-18-10-7-12-6-5-8-14(12,13(16)17)15-11(2)3/h11-12,15H,4-10H2,1-3H3,(H,16,17). The third-order valence-electron chi connectivity index (χ3n) is 3.71. The minimum absolute atomic E-state index is 0.189. The number of carboxylic acid groups (broad SMARTS) is 1. The second-order valence-corrected chi connectivity index (χ2v) is 5.57. The molecule has 0 bridgehead atoms. The van der Waals surface area contributed by atoms with Gasteiger partial charge in [0.15, 0.2) is 0 Å². The molecule has 1 aliphatic rings.